The monoisotopic (exact) mass is 674 g/mol. The van der Waals surface area contributed by atoms with Crippen LogP contribution < -0.4 is 0 Å². The van der Waals surface area contributed by atoms with Crippen molar-refractivity contribution in [1.29, 1.82) is 0 Å². The molecule has 0 saturated heterocycles. The third-order valence-electron chi connectivity index (χ3n) is 7.30. The van der Waals surface area contributed by atoms with Gasteiger partial charge in [-0.25, -0.2) is 9.59 Å². The summed E-state index contributed by atoms with van der Waals surface area (Å²) in [6, 6.07) is 11.8. The summed E-state index contributed by atoms with van der Waals surface area (Å²) >= 11 is 0. The van der Waals surface area contributed by atoms with Crippen LogP contribution in [0.1, 0.15) is 43.7 Å². The zero-order valence-electron chi connectivity index (χ0n) is 26.2. The van der Waals surface area contributed by atoms with Gasteiger partial charge in [0, 0.05) is 31.8 Å². The Labute approximate surface area is 268 Å². The summed E-state index contributed by atoms with van der Waals surface area (Å²) in [5.41, 5.74) is -7.83. The average molecular weight is 675 g/mol. The second kappa shape index (κ2) is 16.6. The molecule has 0 heterocycles. The van der Waals surface area contributed by atoms with Crippen LogP contribution in [0.15, 0.2) is 85.0 Å². The summed E-state index contributed by atoms with van der Waals surface area (Å²) in [5.74, 6) is -4.88. The fraction of sp³-hybridized carbons (Fsp3) is 0.424. The molecule has 0 fully saturated rings. The van der Waals surface area contributed by atoms with Crippen molar-refractivity contribution in [3.05, 3.63) is 96.1 Å². The van der Waals surface area contributed by atoms with E-state index in [1.165, 1.54) is 42.5 Å². The second-order valence-electron chi connectivity index (χ2n) is 10.4. The molecule has 0 radical (unpaired) electrons. The maximum absolute atomic E-state index is 14.6. The van der Waals surface area contributed by atoms with Crippen LogP contribution in [0.5, 0.6) is 0 Å². The zero-order chi connectivity index (χ0) is 35.5. The van der Waals surface area contributed by atoms with Crippen LogP contribution in [-0.4, -0.2) is 63.8 Å². The fourth-order valence-corrected chi connectivity index (χ4v) is 4.88. The molecule has 2 rings (SSSR count). The topological polar surface area (TPSA) is 97.4 Å². The van der Waals surface area contributed by atoms with E-state index in [2.05, 4.69) is 11.3 Å². The SMILES string of the molecule is C=C/C=C(\C)CC[C@H](C[C@@H](CC(=O)OC)OC(=O)[C@](OC)(c1ccccc1)C(F)(F)F)OC(=O)[C@](OC)(c1ccccc1)C(F)(F)F. The third kappa shape index (κ3) is 9.01. The summed E-state index contributed by atoms with van der Waals surface area (Å²) in [7, 11) is 2.28. The van der Waals surface area contributed by atoms with Gasteiger partial charge in [-0.2, -0.15) is 26.3 Å². The molecule has 0 N–H and O–H groups in total. The molecule has 0 bridgehead atoms. The van der Waals surface area contributed by atoms with Gasteiger partial charge in [0.2, 0.25) is 0 Å². The molecule has 14 heteroatoms. The van der Waals surface area contributed by atoms with E-state index in [4.69, 9.17) is 18.9 Å². The first-order valence-electron chi connectivity index (χ1n) is 14.2. The standard InChI is InChI=1S/C33H36F6O8/c1-6-13-22(2)18-19-25(46-28(41)30(44-4,32(34,35)36)23-14-9-7-10-15-23)20-26(21-27(40)43-3)47-29(42)31(45-5,33(37,38)39)24-16-11-8-12-17-24/h6-17,25-26H,1,18-21H2,2-5H3/b22-13+/t25-,26+,30-,31-/m1/s1. The maximum atomic E-state index is 14.6. The summed E-state index contributed by atoms with van der Waals surface area (Å²) in [5, 5.41) is 0. The minimum absolute atomic E-state index is 0.106. The van der Waals surface area contributed by atoms with Crippen LogP contribution in [0.2, 0.25) is 0 Å². The predicted octanol–water partition coefficient (Wildman–Crippen LogP) is 6.88. The molecule has 0 saturated carbocycles. The van der Waals surface area contributed by atoms with Crippen molar-refractivity contribution in [2.75, 3.05) is 21.3 Å². The lowest BCUT2D eigenvalue weighted by atomic mass is 9.92. The number of carbonyl (C=O) groups excluding carboxylic acids is 3. The van der Waals surface area contributed by atoms with Gasteiger partial charge in [0.1, 0.15) is 12.2 Å². The van der Waals surface area contributed by atoms with Gasteiger partial charge in [-0.1, -0.05) is 85.0 Å². The van der Waals surface area contributed by atoms with Crippen molar-refractivity contribution in [2.24, 2.45) is 0 Å². The Morgan fingerprint density at radius 1 is 0.745 bits per heavy atom. The number of rotatable bonds is 16. The lowest BCUT2D eigenvalue weighted by Gasteiger charge is -2.35. The van der Waals surface area contributed by atoms with Gasteiger partial charge in [-0.05, 0) is 19.8 Å². The molecule has 0 aliphatic carbocycles. The summed E-state index contributed by atoms with van der Waals surface area (Å²) < 4.78 is 112. The zero-order valence-corrected chi connectivity index (χ0v) is 26.2. The average Bonchev–Trinajstić information content (AvgIpc) is 3.00. The smallest absolute Gasteiger partial charge is 0.432 e. The maximum Gasteiger partial charge on any atom is 0.432 e. The Bertz CT molecular complexity index is 1380. The number of hydrogen-bond donors (Lipinski definition) is 0. The predicted molar refractivity (Wildman–Crippen MR) is 157 cm³/mol. The van der Waals surface area contributed by atoms with E-state index in [0.29, 0.717) is 19.8 Å². The number of allylic oxidation sites excluding steroid dienone is 3. The number of esters is 3. The van der Waals surface area contributed by atoms with Crippen molar-refractivity contribution in [2.45, 2.75) is 68.4 Å². The Morgan fingerprint density at radius 3 is 1.53 bits per heavy atom. The van der Waals surface area contributed by atoms with Gasteiger partial charge in [0.15, 0.2) is 0 Å². The minimum Gasteiger partial charge on any atom is -0.469 e. The molecule has 0 unspecified atom stereocenters. The van der Waals surface area contributed by atoms with Crippen molar-refractivity contribution in [1.82, 2.24) is 0 Å². The Balaban J connectivity index is 2.60. The molecular formula is C33H36F6O8. The van der Waals surface area contributed by atoms with E-state index in [1.807, 2.05) is 0 Å². The first-order valence-corrected chi connectivity index (χ1v) is 14.2. The molecule has 2 aromatic carbocycles. The number of hydrogen-bond acceptors (Lipinski definition) is 8. The van der Waals surface area contributed by atoms with Crippen molar-refractivity contribution in [3.8, 4) is 0 Å². The van der Waals surface area contributed by atoms with E-state index in [0.717, 1.165) is 31.4 Å². The van der Waals surface area contributed by atoms with Crippen LogP contribution >= 0.6 is 0 Å². The Morgan fingerprint density at radius 2 is 1.17 bits per heavy atom. The number of carbonyl (C=O) groups is 3. The molecule has 258 valence electrons. The van der Waals surface area contributed by atoms with Gasteiger partial charge in [-0.15, -0.1) is 0 Å². The van der Waals surface area contributed by atoms with E-state index in [1.54, 1.807) is 13.0 Å². The molecule has 0 aliphatic heterocycles. The number of alkyl halides is 6. The summed E-state index contributed by atoms with van der Waals surface area (Å²) in [6.45, 7) is 5.22. The fourth-order valence-electron chi connectivity index (χ4n) is 4.88. The lowest BCUT2D eigenvalue weighted by molar-refractivity contribution is -0.279. The highest BCUT2D eigenvalue weighted by atomic mass is 19.4. The van der Waals surface area contributed by atoms with Crippen molar-refractivity contribution >= 4 is 17.9 Å². The van der Waals surface area contributed by atoms with Gasteiger partial charge in [0.05, 0.1) is 13.5 Å². The molecule has 0 aromatic heterocycles. The van der Waals surface area contributed by atoms with Crippen molar-refractivity contribution in [3.63, 3.8) is 0 Å². The van der Waals surface area contributed by atoms with Crippen LogP contribution in [0.25, 0.3) is 0 Å². The van der Waals surface area contributed by atoms with Crippen LogP contribution in [-0.2, 0) is 49.3 Å². The normalized spacial score (nSPS) is 16.2. The molecule has 2 aromatic rings. The molecule has 4 atom stereocenters. The van der Waals surface area contributed by atoms with Gasteiger partial charge in [-0.3, -0.25) is 4.79 Å². The van der Waals surface area contributed by atoms with E-state index < -0.39 is 77.6 Å². The molecule has 0 amide bonds. The Hall–Kier alpha value is -4.17. The number of halogens is 6. The molecule has 47 heavy (non-hydrogen) atoms. The van der Waals surface area contributed by atoms with Gasteiger partial charge >= 0.3 is 30.3 Å². The number of ether oxygens (including phenoxy) is 5. The summed E-state index contributed by atoms with van der Waals surface area (Å²) in [6.07, 6.45) is -12.6. The van der Waals surface area contributed by atoms with E-state index >= 15 is 0 Å². The second-order valence-corrected chi connectivity index (χ2v) is 10.4. The highest BCUT2D eigenvalue weighted by Gasteiger charge is 2.65. The highest BCUT2D eigenvalue weighted by molar-refractivity contribution is 5.84. The van der Waals surface area contributed by atoms with Crippen molar-refractivity contribution < 1.29 is 64.4 Å². The molecule has 8 nitrogen and oxygen atoms in total. The highest BCUT2D eigenvalue weighted by Crippen LogP contribution is 2.45. The third-order valence-corrected chi connectivity index (χ3v) is 7.30. The first-order chi connectivity index (χ1) is 22.0. The molecule has 0 aliphatic rings. The largest absolute Gasteiger partial charge is 0.469 e. The van der Waals surface area contributed by atoms with E-state index in [9.17, 15) is 40.7 Å². The number of benzene rings is 2. The van der Waals surface area contributed by atoms with E-state index in [-0.39, 0.29) is 12.8 Å². The molecular weight excluding hydrogens is 638 g/mol. The van der Waals surface area contributed by atoms with Crippen LogP contribution in [0, 0.1) is 0 Å². The Kier molecular flexibility index (Phi) is 13.8. The summed E-state index contributed by atoms with van der Waals surface area (Å²) in [4.78, 5) is 39.1. The lowest BCUT2D eigenvalue weighted by Crippen LogP contribution is -2.53. The van der Waals surface area contributed by atoms with Gasteiger partial charge < -0.3 is 23.7 Å². The number of methoxy groups -OCH3 is 3. The van der Waals surface area contributed by atoms with Gasteiger partial charge in [0.25, 0.3) is 11.2 Å². The quantitative estimate of drug-likeness (QED) is 0.0823. The van der Waals surface area contributed by atoms with Crippen LogP contribution in [0.3, 0.4) is 0 Å². The molecule has 0 spiro atoms. The minimum atomic E-state index is -5.37. The first kappa shape index (κ1) is 39.0. The van der Waals surface area contributed by atoms with Crippen LogP contribution in [0.4, 0.5) is 26.3 Å².